The fraction of sp³-hybridized carbons (Fsp3) is 0.533. The highest BCUT2D eigenvalue weighted by atomic mass is 32.2. The molecule has 6 nitrogen and oxygen atoms in total. The zero-order chi connectivity index (χ0) is 16.2. The predicted octanol–water partition coefficient (Wildman–Crippen LogP) is 2.57. The smallest absolute Gasteiger partial charge is 0.319 e. The van der Waals surface area contributed by atoms with E-state index in [1.807, 2.05) is 0 Å². The highest BCUT2D eigenvalue weighted by Crippen LogP contribution is 2.26. The molecule has 0 spiro atoms. The molecule has 0 radical (unpaired) electrons. The van der Waals surface area contributed by atoms with Crippen LogP contribution in [0.4, 0.5) is 10.5 Å². The van der Waals surface area contributed by atoms with E-state index in [9.17, 15) is 13.2 Å². The number of primary sulfonamides is 1. The van der Waals surface area contributed by atoms with Gasteiger partial charge < -0.3 is 10.6 Å². The first-order chi connectivity index (χ1) is 10.3. The van der Waals surface area contributed by atoms with Gasteiger partial charge >= 0.3 is 6.03 Å². The van der Waals surface area contributed by atoms with Gasteiger partial charge in [-0.2, -0.15) is 0 Å². The summed E-state index contributed by atoms with van der Waals surface area (Å²) in [5.41, 5.74) is 0.194. The van der Waals surface area contributed by atoms with Crippen molar-refractivity contribution in [1.82, 2.24) is 5.32 Å². The van der Waals surface area contributed by atoms with E-state index >= 15 is 0 Å². The van der Waals surface area contributed by atoms with E-state index < -0.39 is 10.0 Å². The maximum Gasteiger partial charge on any atom is 0.319 e. The van der Waals surface area contributed by atoms with E-state index in [0.717, 1.165) is 25.7 Å². The molecule has 1 fully saturated rings. The van der Waals surface area contributed by atoms with Gasteiger partial charge in [0.05, 0.1) is 4.90 Å². The minimum absolute atomic E-state index is 0.0222. The van der Waals surface area contributed by atoms with Crippen molar-refractivity contribution >= 4 is 21.7 Å². The monoisotopic (exact) mass is 325 g/mol. The average molecular weight is 325 g/mol. The molecular weight excluding hydrogens is 302 g/mol. The number of rotatable bonds is 3. The molecule has 0 heterocycles. The summed E-state index contributed by atoms with van der Waals surface area (Å²) in [7, 11) is -3.78. The standard InChI is InChI=1S/C15H23N3O3S/c1-15(9-4-2-3-5-10-15)18-14(19)17-12-7-6-8-13(11-12)22(16,20)21/h6-8,11H,2-5,9-10H2,1H3,(H2,16,20,21)(H2,17,18,19). The largest absolute Gasteiger partial charge is 0.333 e. The number of amides is 2. The maximum absolute atomic E-state index is 12.2. The Balaban J connectivity index is 2.03. The van der Waals surface area contributed by atoms with Gasteiger partial charge in [-0.05, 0) is 38.0 Å². The van der Waals surface area contributed by atoms with E-state index in [1.165, 1.54) is 25.0 Å². The summed E-state index contributed by atoms with van der Waals surface area (Å²) < 4.78 is 22.7. The van der Waals surface area contributed by atoms with Crippen LogP contribution >= 0.6 is 0 Å². The van der Waals surface area contributed by atoms with Crippen molar-refractivity contribution in [3.8, 4) is 0 Å². The summed E-state index contributed by atoms with van der Waals surface area (Å²) in [6, 6.07) is 5.60. The number of sulfonamides is 1. The second-order valence-electron chi connectivity index (χ2n) is 6.13. The number of urea groups is 1. The molecule has 22 heavy (non-hydrogen) atoms. The number of carbonyl (C=O) groups excluding carboxylic acids is 1. The van der Waals surface area contributed by atoms with Crippen molar-refractivity contribution in [2.45, 2.75) is 55.9 Å². The predicted molar refractivity (Wildman–Crippen MR) is 86.1 cm³/mol. The molecular formula is C15H23N3O3S. The Kier molecular flexibility index (Phi) is 5.08. The lowest BCUT2D eigenvalue weighted by atomic mass is 9.93. The molecule has 1 aliphatic rings. The summed E-state index contributed by atoms with van der Waals surface area (Å²) in [5, 5.41) is 10.8. The second kappa shape index (κ2) is 6.66. The molecule has 4 N–H and O–H groups in total. The molecule has 0 aliphatic heterocycles. The molecule has 1 aromatic rings. The van der Waals surface area contributed by atoms with E-state index in [4.69, 9.17) is 5.14 Å². The summed E-state index contributed by atoms with van der Waals surface area (Å²) in [5.74, 6) is 0. The maximum atomic E-state index is 12.2. The van der Waals surface area contributed by atoms with Gasteiger partial charge in [-0.1, -0.05) is 31.7 Å². The number of hydrogen-bond donors (Lipinski definition) is 3. The molecule has 1 aliphatic carbocycles. The van der Waals surface area contributed by atoms with Crippen molar-refractivity contribution in [2.24, 2.45) is 5.14 Å². The average Bonchev–Trinajstić information content (AvgIpc) is 2.62. The zero-order valence-electron chi connectivity index (χ0n) is 12.8. The van der Waals surface area contributed by atoms with Gasteiger partial charge in [0, 0.05) is 11.2 Å². The lowest BCUT2D eigenvalue weighted by Crippen LogP contribution is -2.47. The fourth-order valence-electron chi connectivity index (χ4n) is 2.82. The molecule has 7 heteroatoms. The summed E-state index contributed by atoms with van der Waals surface area (Å²) in [6.07, 6.45) is 6.54. The van der Waals surface area contributed by atoms with Crippen LogP contribution in [-0.4, -0.2) is 20.0 Å². The Morgan fingerprint density at radius 2 is 1.82 bits per heavy atom. The van der Waals surface area contributed by atoms with Gasteiger partial charge in [0.25, 0.3) is 0 Å². The number of nitrogens with two attached hydrogens (primary N) is 1. The molecule has 1 saturated carbocycles. The van der Waals surface area contributed by atoms with Gasteiger partial charge in [-0.15, -0.1) is 0 Å². The van der Waals surface area contributed by atoms with Crippen molar-refractivity contribution in [1.29, 1.82) is 0 Å². The quantitative estimate of drug-likeness (QED) is 0.744. The Morgan fingerprint density at radius 3 is 2.41 bits per heavy atom. The molecule has 1 aromatic carbocycles. The molecule has 122 valence electrons. The van der Waals surface area contributed by atoms with Crippen molar-refractivity contribution in [3.63, 3.8) is 0 Å². The third-order valence-corrected chi connectivity index (χ3v) is 4.95. The number of carbonyl (C=O) groups is 1. The molecule has 0 bridgehead atoms. The van der Waals surface area contributed by atoms with Crippen molar-refractivity contribution in [3.05, 3.63) is 24.3 Å². The van der Waals surface area contributed by atoms with Crippen LogP contribution in [-0.2, 0) is 10.0 Å². The first kappa shape index (κ1) is 16.8. The lowest BCUT2D eigenvalue weighted by Gasteiger charge is -2.29. The van der Waals surface area contributed by atoms with E-state index in [2.05, 4.69) is 17.6 Å². The Morgan fingerprint density at radius 1 is 1.18 bits per heavy atom. The minimum Gasteiger partial charge on any atom is -0.333 e. The van der Waals surface area contributed by atoms with Crippen LogP contribution < -0.4 is 15.8 Å². The Labute approximate surface area is 131 Å². The highest BCUT2D eigenvalue weighted by Gasteiger charge is 2.27. The lowest BCUT2D eigenvalue weighted by molar-refractivity contribution is 0.234. The van der Waals surface area contributed by atoms with Crippen LogP contribution in [0.25, 0.3) is 0 Å². The number of benzene rings is 1. The van der Waals surface area contributed by atoms with Gasteiger partial charge in [-0.3, -0.25) is 0 Å². The number of anilines is 1. The molecule has 0 unspecified atom stereocenters. The Bertz CT molecular complexity index is 635. The normalized spacial score (nSPS) is 18.3. The van der Waals surface area contributed by atoms with Crippen LogP contribution in [0.2, 0.25) is 0 Å². The summed E-state index contributed by atoms with van der Waals surface area (Å²) in [6.45, 7) is 2.05. The topological polar surface area (TPSA) is 101 Å². The first-order valence-corrected chi connectivity index (χ1v) is 9.05. The second-order valence-corrected chi connectivity index (χ2v) is 7.69. The third-order valence-electron chi connectivity index (χ3n) is 4.04. The van der Waals surface area contributed by atoms with E-state index in [0.29, 0.717) is 5.69 Å². The Hall–Kier alpha value is -1.60. The third kappa shape index (κ3) is 4.71. The van der Waals surface area contributed by atoms with E-state index in [-0.39, 0.29) is 16.5 Å². The molecule has 2 amide bonds. The van der Waals surface area contributed by atoms with E-state index in [1.54, 1.807) is 12.1 Å². The van der Waals surface area contributed by atoms with Gasteiger partial charge in [0.2, 0.25) is 10.0 Å². The number of hydrogen-bond acceptors (Lipinski definition) is 3. The summed E-state index contributed by atoms with van der Waals surface area (Å²) >= 11 is 0. The summed E-state index contributed by atoms with van der Waals surface area (Å²) in [4.78, 5) is 12.1. The molecule has 2 rings (SSSR count). The fourth-order valence-corrected chi connectivity index (χ4v) is 3.38. The first-order valence-electron chi connectivity index (χ1n) is 7.51. The molecule has 0 aromatic heterocycles. The van der Waals surface area contributed by atoms with Crippen LogP contribution in [0.5, 0.6) is 0 Å². The molecule has 0 atom stereocenters. The van der Waals surface area contributed by atoms with Crippen LogP contribution in [0.15, 0.2) is 29.2 Å². The van der Waals surface area contributed by atoms with Gasteiger partial charge in [-0.25, -0.2) is 18.4 Å². The van der Waals surface area contributed by atoms with Crippen molar-refractivity contribution in [2.75, 3.05) is 5.32 Å². The SMILES string of the molecule is CC1(NC(=O)Nc2cccc(S(N)(=O)=O)c2)CCCCCC1. The van der Waals surface area contributed by atoms with Crippen LogP contribution in [0.1, 0.15) is 45.4 Å². The van der Waals surface area contributed by atoms with Gasteiger partial charge in [0.1, 0.15) is 0 Å². The highest BCUT2D eigenvalue weighted by molar-refractivity contribution is 7.89. The zero-order valence-corrected chi connectivity index (χ0v) is 13.6. The van der Waals surface area contributed by atoms with Crippen LogP contribution in [0, 0.1) is 0 Å². The van der Waals surface area contributed by atoms with Crippen molar-refractivity contribution < 1.29 is 13.2 Å². The minimum atomic E-state index is -3.78. The molecule has 0 saturated heterocycles. The van der Waals surface area contributed by atoms with Crippen LogP contribution in [0.3, 0.4) is 0 Å². The number of nitrogens with one attached hydrogen (secondary N) is 2. The van der Waals surface area contributed by atoms with Gasteiger partial charge in [0.15, 0.2) is 0 Å².